The Morgan fingerprint density at radius 2 is 1.93 bits per heavy atom. The van der Waals surface area contributed by atoms with Gasteiger partial charge in [-0.15, -0.1) is 0 Å². The van der Waals surface area contributed by atoms with Crippen molar-refractivity contribution in [1.29, 1.82) is 0 Å². The van der Waals surface area contributed by atoms with E-state index in [-0.39, 0.29) is 12.4 Å². The molecule has 0 fully saturated rings. The third-order valence-electron chi connectivity index (χ3n) is 1.22. The van der Waals surface area contributed by atoms with Gasteiger partial charge in [-0.3, -0.25) is 14.9 Å². The maximum Gasteiger partial charge on any atom is 0.290 e. The molecule has 0 heterocycles. The van der Waals surface area contributed by atoms with Crippen LogP contribution in [0.2, 0.25) is 0 Å². The van der Waals surface area contributed by atoms with Gasteiger partial charge < -0.3 is 5.11 Å². The molecule has 0 aromatic heterocycles. The third-order valence-corrected chi connectivity index (χ3v) is 1.22. The Labute approximate surface area is 81.6 Å². The molecule has 14 heavy (non-hydrogen) atoms. The standard InChI is InChI=1S/C9H7NO.CH2O2/c1-2-10-9(11)8-6-4-3-5-7-8;2-1-3/h1,3-7H,(H,10,11);1H,(H,2,3). The van der Waals surface area contributed by atoms with Crippen LogP contribution in [0.15, 0.2) is 30.3 Å². The molecule has 0 aliphatic heterocycles. The number of terminal acetylenes is 1. The van der Waals surface area contributed by atoms with Gasteiger partial charge >= 0.3 is 0 Å². The molecule has 4 heteroatoms. The van der Waals surface area contributed by atoms with Crippen molar-refractivity contribution in [2.45, 2.75) is 0 Å². The molecular weight excluding hydrogens is 182 g/mol. The third kappa shape index (κ3) is 4.57. The van der Waals surface area contributed by atoms with Crippen LogP contribution in [0.3, 0.4) is 0 Å². The summed E-state index contributed by atoms with van der Waals surface area (Å²) in [6, 6.07) is 10.9. The van der Waals surface area contributed by atoms with Gasteiger partial charge in [0.2, 0.25) is 0 Å². The Hall–Kier alpha value is -2.28. The molecule has 0 radical (unpaired) electrons. The summed E-state index contributed by atoms with van der Waals surface area (Å²) < 4.78 is 0. The van der Waals surface area contributed by atoms with Gasteiger partial charge in [-0.05, 0) is 12.1 Å². The Kier molecular flexibility index (Phi) is 6.17. The lowest BCUT2D eigenvalue weighted by molar-refractivity contribution is -0.122. The first-order valence-electron chi connectivity index (χ1n) is 3.65. The van der Waals surface area contributed by atoms with Crippen LogP contribution in [0.1, 0.15) is 10.4 Å². The summed E-state index contributed by atoms with van der Waals surface area (Å²) >= 11 is 0. The van der Waals surface area contributed by atoms with Crippen molar-refractivity contribution >= 4 is 12.4 Å². The summed E-state index contributed by atoms with van der Waals surface area (Å²) in [5.74, 6) is -0.242. The summed E-state index contributed by atoms with van der Waals surface area (Å²) in [6.07, 6.45) is 4.88. The number of rotatable bonds is 1. The van der Waals surface area contributed by atoms with Crippen molar-refractivity contribution in [3.8, 4) is 12.5 Å². The molecule has 1 aromatic carbocycles. The minimum atomic E-state index is -0.250. The highest BCUT2D eigenvalue weighted by molar-refractivity contribution is 5.95. The molecule has 0 unspecified atom stereocenters. The first kappa shape index (κ1) is 11.7. The molecule has 1 aromatic rings. The van der Waals surface area contributed by atoms with E-state index in [1.54, 1.807) is 24.3 Å². The molecule has 0 aliphatic rings. The Morgan fingerprint density at radius 3 is 2.36 bits per heavy atom. The maximum absolute atomic E-state index is 11.0. The molecule has 72 valence electrons. The minimum Gasteiger partial charge on any atom is -0.483 e. The number of carbonyl (C=O) groups excluding carboxylic acids is 1. The predicted molar refractivity (Wildman–Crippen MR) is 51.4 cm³/mol. The number of carboxylic acid groups (broad SMARTS) is 1. The van der Waals surface area contributed by atoms with Crippen LogP contribution in [-0.2, 0) is 4.79 Å². The van der Waals surface area contributed by atoms with Gasteiger partial charge in [0.1, 0.15) is 0 Å². The van der Waals surface area contributed by atoms with E-state index in [0.717, 1.165) is 0 Å². The van der Waals surface area contributed by atoms with E-state index in [4.69, 9.17) is 16.3 Å². The summed E-state index contributed by atoms with van der Waals surface area (Å²) in [6.45, 7) is -0.250. The Bertz CT molecular complexity index is 327. The van der Waals surface area contributed by atoms with Crippen molar-refractivity contribution in [3.05, 3.63) is 35.9 Å². The Morgan fingerprint density at radius 1 is 1.43 bits per heavy atom. The zero-order valence-corrected chi connectivity index (χ0v) is 7.31. The highest BCUT2D eigenvalue weighted by Gasteiger charge is 1.99. The number of carbonyl (C=O) groups is 2. The van der Waals surface area contributed by atoms with Crippen LogP contribution in [0.5, 0.6) is 0 Å². The predicted octanol–water partition coefficient (Wildman–Crippen LogP) is 0.708. The van der Waals surface area contributed by atoms with Crippen LogP contribution in [0.4, 0.5) is 0 Å². The number of nitrogens with one attached hydrogen (secondary N) is 1. The second-order valence-electron chi connectivity index (χ2n) is 2.07. The highest BCUT2D eigenvalue weighted by atomic mass is 16.3. The average molecular weight is 191 g/mol. The normalized spacial score (nSPS) is 7.36. The van der Waals surface area contributed by atoms with E-state index in [0.29, 0.717) is 5.56 Å². The van der Waals surface area contributed by atoms with Gasteiger partial charge in [-0.2, -0.15) is 0 Å². The minimum absolute atomic E-state index is 0.242. The molecule has 0 spiro atoms. The van der Waals surface area contributed by atoms with E-state index in [9.17, 15) is 4.79 Å². The largest absolute Gasteiger partial charge is 0.483 e. The second-order valence-corrected chi connectivity index (χ2v) is 2.07. The number of amides is 1. The smallest absolute Gasteiger partial charge is 0.290 e. The Balaban J connectivity index is 0.000000500. The topological polar surface area (TPSA) is 66.4 Å². The van der Waals surface area contributed by atoms with E-state index in [2.05, 4.69) is 11.4 Å². The zero-order valence-electron chi connectivity index (χ0n) is 7.31. The highest BCUT2D eigenvalue weighted by Crippen LogP contribution is 1.96. The number of hydrogen-bond donors (Lipinski definition) is 2. The van der Waals surface area contributed by atoms with Gasteiger partial charge in [-0.25, -0.2) is 0 Å². The molecule has 0 aliphatic carbocycles. The van der Waals surface area contributed by atoms with Crippen molar-refractivity contribution in [1.82, 2.24) is 5.32 Å². The van der Waals surface area contributed by atoms with Crippen molar-refractivity contribution in [3.63, 3.8) is 0 Å². The van der Waals surface area contributed by atoms with Crippen LogP contribution in [0.25, 0.3) is 0 Å². The first-order valence-corrected chi connectivity index (χ1v) is 3.65. The van der Waals surface area contributed by atoms with E-state index in [1.807, 2.05) is 6.07 Å². The van der Waals surface area contributed by atoms with Crippen molar-refractivity contribution in [2.24, 2.45) is 0 Å². The van der Waals surface area contributed by atoms with E-state index < -0.39 is 0 Å². The second kappa shape index (κ2) is 7.37. The molecular formula is C10H9NO3. The van der Waals surface area contributed by atoms with E-state index in [1.165, 1.54) is 0 Å². The molecule has 0 bridgehead atoms. The van der Waals surface area contributed by atoms with Crippen molar-refractivity contribution in [2.75, 3.05) is 0 Å². The van der Waals surface area contributed by atoms with E-state index >= 15 is 0 Å². The zero-order chi connectivity index (χ0) is 10.8. The lowest BCUT2D eigenvalue weighted by Crippen LogP contribution is -2.16. The lowest BCUT2D eigenvalue weighted by Gasteiger charge is -1.95. The quantitative estimate of drug-likeness (QED) is 0.390. The molecule has 4 nitrogen and oxygen atoms in total. The molecule has 1 amide bonds. The summed E-state index contributed by atoms with van der Waals surface area (Å²) in [5, 5.41) is 9.14. The van der Waals surface area contributed by atoms with Gasteiger partial charge in [0.25, 0.3) is 12.4 Å². The van der Waals surface area contributed by atoms with Gasteiger partial charge in [0, 0.05) is 11.6 Å². The fourth-order valence-electron chi connectivity index (χ4n) is 0.727. The average Bonchev–Trinajstić information content (AvgIpc) is 2.21. The number of hydrogen-bond acceptors (Lipinski definition) is 2. The van der Waals surface area contributed by atoms with Crippen LogP contribution < -0.4 is 5.32 Å². The van der Waals surface area contributed by atoms with Crippen LogP contribution in [-0.4, -0.2) is 17.5 Å². The summed E-state index contributed by atoms with van der Waals surface area (Å²) in [5.41, 5.74) is 0.574. The fourth-order valence-corrected chi connectivity index (χ4v) is 0.727. The fraction of sp³-hybridized carbons (Fsp3) is 0. The van der Waals surface area contributed by atoms with Crippen LogP contribution in [0, 0.1) is 12.5 Å². The molecule has 0 atom stereocenters. The summed E-state index contributed by atoms with van der Waals surface area (Å²) in [4.78, 5) is 19.4. The summed E-state index contributed by atoms with van der Waals surface area (Å²) in [7, 11) is 0. The molecule has 1 rings (SSSR count). The molecule has 2 N–H and O–H groups in total. The van der Waals surface area contributed by atoms with Gasteiger partial charge in [0.15, 0.2) is 0 Å². The molecule has 0 saturated heterocycles. The van der Waals surface area contributed by atoms with Gasteiger partial charge in [0.05, 0.1) is 0 Å². The van der Waals surface area contributed by atoms with Crippen LogP contribution >= 0.6 is 0 Å². The first-order chi connectivity index (χ1) is 6.76. The van der Waals surface area contributed by atoms with Crippen molar-refractivity contribution < 1.29 is 14.7 Å². The van der Waals surface area contributed by atoms with Gasteiger partial charge in [-0.1, -0.05) is 24.6 Å². The monoisotopic (exact) mass is 191 g/mol. The maximum atomic E-state index is 11.0. The lowest BCUT2D eigenvalue weighted by atomic mass is 10.2. The number of benzene rings is 1. The SMILES string of the molecule is C#CNC(=O)c1ccccc1.O=CO. The molecule has 0 saturated carbocycles.